The zero-order chi connectivity index (χ0) is 19.5. The van der Waals surface area contributed by atoms with Gasteiger partial charge in [-0.2, -0.15) is 0 Å². The Labute approximate surface area is 162 Å². The number of aryl methyl sites for hydroxylation is 1. The number of aliphatic hydroxyl groups excluding tert-OH is 1. The zero-order valence-electron chi connectivity index (χ0n) is 15.8. The number of carbonyl (C=O) groups excluding carboxylic acids is 1. The molecule has 10 nitrogen and oxygen atoms in total. The minimum atomic E-state index is -0.666. The topological polar surface area (TPSA) is 128 Å². The number of aromatic nitrogens is 4. The van der Waals surface area contributed by atoms with Gasteiger partial charge in [0.1, 0.15) is 23.7 Å². The van der Waals surface area contributed by atoms with Crippen molar-refractivity contribution in [3.63, 3.8) is 0 Å². The molecule has 0 aliphatic carbocycles. The fourth-order valence-corrected chi connectivity index (χ4v) is 3.40. The van der Waals surface area contributed by atoms with Crippen LogP contribution in [0.2, 0.25) is 0 Å². The van der Waals surface area contributed by atoms with Crippen molar-refractivity contribution >= 4 is 11.7 Å². The number of imidazole rings is 1. The summed E-state index contributed by atoms with van der Waals surface area (Å²) in [5, 5.41) is 16.2. The lowest BCUT2D eigenvalue weighted by molar-refractivity contribution is 0.0209. The number of β-amino-alcohol motifs (C(OH)–C–C–N with tert-alkyl or cyclic N) is 1. The van der Waals surface area contributed by atoms with Crippen molar-refractivity contribution in [2.24, 2.45) is 0 Å². The van der Waals surface area contributed by atoms with Crippen LogP contribution in [-0.4, -0.2) is 80.8 Å². The number of nitrogens with one attached hydrogen (secondary N) is 3. The molecule has 4 heterocycles. The van der Waals surface area contributed by atoms with Crippen molar-refractivity contribution in [3.05, 3.63) is 35.3 Å². The maximum absolute atomic E-state index is 12.3. The van der Waals surface area contributed by atoms with E-state index in [0.717, 1.165) is 36.7 Å². The second-order valence-electron chi connectivity index (χ2n) is 7.26. The third-order valence-electron chi connectivity index (χ3n) is 4.89. The predicted octanol–water partition coefficient (Wildman–Crippen LogP) is -0.532. The summed E-state index contributed by atoms with van der Waals surface area (Å²) >= 11 is 0. The molecule has 2 aromatic heterocycles. The molecule has 0 unspecified atom stereocenters. The van der Waals surface area contributed by atoms with E-state index in [1.807, 2.05) is 6.92 Å². The molecule has 1 fully saturated rings. The Kier molecular flexibility index (Phi) is 5.51. The lowest BCUT2D eigenvalue weighted by Crippen LogP contribution is -2.42. The van der Waals surface area contributed by atoms with Crippen LogP contribution >= 0.6 is 0 Å². The summed E-state index contributed by atoms with van der Waals surface area (Å²) < 4.78 is 5.11. The van der Waals surface area contributed by atoms with Crippen molar-refractivity contribution in [2.75, 3.05) is 38.2 Å². The second kappa shape index (κ2) is 8.21. The maximum Gasteiger partial charge on any atom is 0.270 e. The molecule has 28 heavy (non-hydrogen) atoms. The number of ether oxygens (including phenoxy) is 1. The van der Waals surface area contributed by atoms with Gasteiger partial charge >= 0.3 is 0 Å². The van der Waals surface area contributed by atoms with Gasteiger partial charge in [-0.25, -0.2) is 15.0 Å². The van der Waals surface area contributed by atoms with Crippen LogP contribution in [0.1, 0.15) is 27.7 Å². The molecule has 1 atom stereocenters. The standard InChI is InChI=1S/C18H25N7O3/c1-11-22-14-2-3-25(7-16(14)23-11)6-13(26)5-19-18(27)15-4-17(21-10-20-15)24-12-8-28-9-12/h4,10,12-13,26H,2-3,5-9H2,1H3,(H,19,27)(H,22,23)(H,20,21,24)/t13-/m0/s1. The minimum absolute atomic E-state index is 0.160. The molecule has 0 spiro atoms. The number of rotatable bonds is 7. The van der Waals surface area contributed by atoms with Gasteiger partial charge in [0.05, 0.1) is 36.7 Å². The fraction of sp³-hybridized carbons (Fsp3) is 0.556. The molecule has 2 aliphatic rings. The van der Waals surface area contributed by atoms with E-state index in [4.69, 9.17) is 4.74 Å². The van der Waals surface area contributed by atoms with Crippen LogP contribution in [0.5, 0.6) is 0 Å². The van der Waals surface area contributed by atoms with E-state index < -0.39 is 6.10 Å². The van der Waals surface area contributed by atoms with E-state index >= 15 is 0 Å². The molecule has 0 bridgehead atoms. The summed E-state index contributed by atoms with van der Waals surface area (Å²) in [6.45, 7) is 5.42. The van der Waals surface area contributed by atoms with E-state index in [0.29, 0.717) is 25.6 Å². The fourth-order valence-electron chi connectivity index (χ4n) is 3.40. The first-order valence-corrected chi connectivity index (χ1v) is 9.46. The highest BCUT2D eigenvalue weighted by Crippen LogP contribution is 2.16. The second-order valence-corrected chi connectivity index (χ2v) is 7.26. The number of nitrogens with zero attached hydrogens (tertiary/aromatic N) is 4. The highest BCUT2D eigenvalue weighted by atomic mass is 16.5. The summed E-state index contributed by atoms with van der Waals surface area (Å²) in [4.78, 5) is 30.4. The van der Waals surface area contributed by atoms with Crippen molar-refractivity contribution in [1.82, 2.24) is 30.2 Å². The van der Waals surface area contributed by atoms with Crippen molar-refractivity contribution in [2.45, 2.75) is 32.0 Å². The number of hydrogen-bond acceptors (Lipinski definition) is 8. The molecule has 0 radical (unpaired) electrons. The van der Waals surface area contributed by atoms with Crippen LogP contribution in [0.15, 0.2) is 12.4 Å². The number of aliphatic hydroxyl groups is 1. The lowest BCUT2D eigenvalue weighted by Gasteiger charge is -2.28. The summed E-state index contributed by atoms with van der Waals surface area (Å²) in [6, 6.07) is 1.82. The van der Waals surface area contributed by atoms with Crippen molar-refractivity contribution < 1.29 is 14.6 Å². The van der Waals surface area contributed by atoms with E-state index in [2.05, 4.69) is 35.5 Å². The van der Waals surface area contributed by atoms with E-state index in [1.54, 1.807) is 6.07 Å². The average Bonchev–Trinajstić information content (AvgIpc) is 3.02. The normalized spacial score (nSPS) is 18.2. The number of hydrogen-bond donors (Lipinski definition) is 4. The molecule has 1 amide bonds. The first-order chi connectivity index (χ1) is 13.6. The number of aromatic amines is 1. The van der Waals surface area contributed by atoms with E-state index in [-0.39, 0.29) is 24.2 Å². The number of carbonyl (C=O) groups is 1. The Morgan fingerprint density at radius 3 is 3.11 bits per heavy atom. The first kappa shape index (κ1) is 18.8. The van der Waals surface area contributed by atoms with Crippen LogP contribution in [0.4, 0.5) is 5.82 Å². The monoisotopic (exact) mass is 387 g/mol. The number of amides is 1. The number of H-pyrrole nitrogens is 1. The summed E-state index contributed by atoms with van der Waals surface area (Å²) in [5.74, 6) is 1.18. The Bertz CT molecular complexity index is 836. The van der Waals surface area contributed by atoms with Gasteiger partial charge in [0, 0.05) is 38.7 Å². The molecule has 0 aromatic carbocycles. The Balaban J connectivity index is 1.25. The van der Waals surface area contributed by atoms with Gasteiger partial charge in [-0.15, -0.1) is 0 Å². The molecule has 2 aliphatic heterocycles. The van der Waals surface area contributed by atoms with Crippen LogP contribution in [-0.2, 0) is 17.7 Å². The van der Waals surface area contributed by atoms with Gasteiger partial charge in [-0.05, 0) is 6.92 Å². The predicted molar refractivity (Wildman–Crippen MR) is 101 cm³/mol. The van der Waals surface area contributed by atoms with Gasteiger partial charge in [0.15, 0.2) is 0 Å². The van der Waals surface area contributed by atoms with E-state index in [1.165, 1.54) is 6.33 Å². The summed E-state index contributed by atoms with van der Waals surface area (Å²) in [7, 11) is 0. The van der Waals surface area contributed by atoms with Crippen molar-refractivity contribution in [3.8, 4) is 0 Å². The molecule has 4 N–H and O–H groups in total. The Morgan fingerprint density at radius 2 is 2.32 bits per heavy atom. The van der Waals surface area contributed by atoms with Crippen LogP contribution in [0.3, 0.4) is 0 Å². The number of fused-ring (bicyclic) bond motifs is 1. The molecule has 4 rings (SSSR count). The van der Waals surface area contributed by atoms with Crippen LogP contribution in [0.25, 0.3) is 0 Å². The lowest BCUT2D eigenvalue weighted by atomic mass is 10.1. The Hall–Kier alpha value is -2.56. The quantitative estimate of drug-likeness (QED) is 0.499. The molecule has 150 valence electrons. The highest BCUT2D eigenvalue weighted by Gasteiger charge is 2.22. The van der Waals surface area contributed by atoms with Gasteiger partial charge in [0.25, 0.3) is 5.91 Å². The van der Waals surface area contributed by atoms with Gasteiger partial charge in [0.2, 0.25) is 0 Å². The molecule has 10 heteroatoms. The zero-order valence-corrected chi connectivity index (χ0v) is 15.8. The molecular weight excluding hydrogens is 362 g/mol. The third-order valence-corrected chi connectivity index (χ3v) is 4.89. The Morgan fingerprint density at radius 1 is 1.46 bits per heavy atom. The molecule has 0 saturated carbocycles. The minimum Gasteiger partial charge on any atom is -0.390 e. The highest BCUT2D eigenvalue weighted by molar-refractivity contribution is 5.92. The van der Waals surface area contributed by atoms with Crippen LogP contribution in [0, 0.1) is 6.92 Å². The largest absolute Gasteiger partial charge is 0.390 e. The van der Waals surface area contributed by atoms with Gasteiger partial charge in [-0.1, -0.05) is 0 Å². The van der Waals surface area contributed by atoms with Gasteiger partial charge < -0.3 is 25.5 Å². The molecule has 1 saturated heterocycles. The summed E-state index contributed by atoms with van der Waals surface area (Å²) in [6.07, 6.45) is 1.55. The maximum atomic E-state index is 12.3. The van der Waals surface area contributed by atoms with E-state index in [9.17, 15) is 9.90 Å². The summed E-state index contributed by atoms with van der Waals surface area (Å²) in [5.41, 5.74) is 2.48. The third kappa shape index (κ3) is 4.46. The molecule has 2 aromatic rings. The number of anilines is 1. The van der Waals surface area contributed by atoms with Crippen LogP contribution < -0.4 is 10.6 Å². The SMILES string of the molecule is Cc1nc2c([nH]1)CN(C[C@@H](O)CNC(=O)c1cc(NC3COC3)ncn1)CC2. The van der Waals surface area contributed by atoms with Gasteiger partial charge in [-0.3, -0.25) is 9.69 Å². The first-order valence-electron chi connectivity index (χ1n) is 9.46. The molecular formula is C18H25N7O3. The average molecular weight is 387 g/mol. The van der Waals surface area contributed by atoms with Crippen molar-refractivity contribution in [1.29, 1.82) is 0 Å². The smallest absolute Gasteiger partial charge is 0.270 e.